The molecule has 0 aliphatic carbocycles. The van der Waals surface area contributed by atoms with Crippen molar-refractivity contribution in [1.29, 1.82) is 0 Å². The van der Waals surface area contributed by atoms with Gasteiger partial charge in [0, 0.05) is 12.4 Å². The van der Waals surface area contributed by atoms with Crippen LogP contribution >= 0.6 is 11.6 Å². The fourth-order valence-corrected chi connectivity index (χ4v) is 2.35. The lowest BCUT2D eigenvalue weighted by molar-refractivity contribution is -0.274. The highest BCUT2D eigenvalue weighted by Gasteiger charge is 2.30. The van der Waals surface area contributed by atoms with Crippen molar-refractivity contribution in [1.82, 2.24) is 20.1 Å². The van der Waals surface area contributed by atoms with Gasteiger partial charge in [0.1, 0.15) is 11.4 Å². The maximum atomic E-state index is 12.1. The zero-order valence-electron chi connectivity index (χ0n) is 13.5. The summed E-state index contributed by atoms with van der Waals surface area (Å²) < 4.78 is 41.8. The molecule has 1 aromatic carbocycles. The second-order valence-electron chi connectivity index (χ2n) is 5.35. The van der Waals surface area contributed by atoms with Gasteiger partial charge in [-0.25, -0.2) is 9.78 Å². The van der Waals surface area contributed by atoms with Crippen LogP contribution in [0.3, 0.4) is 0 Å². The number of benzene rings is 1. The Morgan fingerprint density at radius 1 is 1.15 bits per heavy atom. The second-order valence-corrected chi connectivity index (χ2v) is 5.79. The standard InChI is InChI=1S/C16H13ClF3N5O2/c17-10-1-6-14-22-12(9-25(14)8-10)7-21-15(26)24-23-11-2-4-13(5-3-11)27-16(18,19)20/h1-6,8-9,23H,7H2,(H2,21,24,26). The summed E-state index contributed by atoms with van der Waals surface area (Å²) in [6.07, 6.45) is -1.33. The van der Waals surface area contributed by atoms with Crippen LogP contribution < -0.4 is 20.9 Å². The number of hydrogen-bond donors (Lipinski definition) is 3. The molecule has 7 nitrogen and oxygen atoms in total. The fraction of sp³-hybridized carbons (Fsp3) is 0.125. The predicted octanol–water partition coefficient (Wildman–Crippen LogP) is 3.71. The highest BCUT2D eigenvalue weighted by atomic mass is 35.5. The van der Waals surface area contributed by atoms with E-state index in [1.165, 1.54) is 12.1 Å². The molecule has 0 saturated heterocycles. The number of carbonyl (C=O) groups excluding carboxylic acids is 1. The molecule has 0 radical (unpaired) electrons. The van der Waals surface area contributed by atoms with Gasteiger partial charge in [0.25, 0.3) is 0 Å². The van der Waals surface area contributed by atoms with Gasteiger partial charge in [-0.1, -0.05) is 11.6 Å². The molecule has 0 aliphatic heterocycles. The number of ether oxygens (including phenoxy) is 1. The van der Waals surface area contributed by atoms with Gasteiger partial charge in [0.05, 0.1) is 22.9 Å². The molecule has 11 heteroatoms. The minimum absolute atomic E-state index is 0.172. The second kappa shape index (κ2) is 7.62. The third-order valence-corrected chi connectivity index (χ3v) is 3.53. The summed E-state index contributed by atoms with van der Waals surface area (Å²) in [5.41, 5.74) is 6.62. The quantitative estimate of drug-likeness (QED) is 0.571. The molecule has 3 aromatic rings. The van der Waals surface area contributed by atoms with E-state index in [9.17, 15) is 18.0 Å². The van der Waals surface area contributed by atoms with E-state index >= 15 is 0 Å². The number of halogens is 4. The maximum Gasteiger partial charge on any atom is 0.573 e. The first-order valence-corrected chi connectivity index (χ1v) is 7.95. The smallest absolute Gasteiger partial charge is 0.406 e. The van der Waals surface area contributed by atoms with Crippen LogP contribution in [0.5, 0.6) is 5.75 Å². The number of nitrogens with zero attached hydrogens (tertiary/aromatic N) is 2. The van der Waals surface area contributed by atoms with Crippen molar-refractivity contribution in [3.63, 3.8) is 0 Å². The van der Waals surface area contributed by atoms with E-state index in [-0.39, 0.29) is 12.3 Å². The normalized spacial score (nSPS) is 11.3. The summed E-state index contributed by atoms with van der Waals surface area (Å²) in [5.74, 6) is -0.357. The average molecular weight is 400 g/mol. The van der Waals surface area contributed by atoms with Gasteiger partial charge in [-0.15, -0.1) is 13.2 Å². The lowest BCUT2D eigenvalue weighted by Crippen LogP contribution is -2.38. The van der Waals surface area contributed by atoms with Gasteiger partial charge >= 0.3 is 12.4 Å². The summed E-state index contributed by atoms with van der Waals surface area (Å²) in [7, 11) is 0. The van der Waals surface area contributed by atoms with Crippen molar-refractivity contribution >= 4 is 29.0 Å². The Kier molecular flexibility index (Phi) is 5.26. The lowest BCUT2D eigenvalue weighted by Gasteiger charge is -2.11. The van der Waals surface area contributed by atoms with E-state index < -0.39 is 12.4 Å². The number of imidazole rings is 1. The van der Waals surface area contributed by atoms with Crippen molar-refractivity contribution in [3.05, 3.63) is 59.5 Å². The summed E-state index contributed by atoms with van der Waals surface area (Å²) in [4.78, 5) is 16.1. The Bertz CT molecular complexity index is 943. The van der Waals surface area contributed by atoms with Crippen LogP contribution in [0, 0.1) is 0 Å². The first kappa shape index (κ1) is 18.6. The Labute approximate surface area is 156 Å². The Morgan fingerprint density at radius 3 is 2.59 bits per heavy atom. The monoisotopic (exact) mass is 399 g/mol. The number of carbonyl (C=O) groups is 1. The molecule has 27 heavy (non-hydrogen) atoms. The van der Waals surface area contributed by atoms with E-state index in [4.69, 9.17) is 11.6 Å². The molecule has 0 bridgehead atoms. The lowest BCUT2D eigenvalue weighted by atomic mass is 10.3. The first-order chi connectivity index (χ1) is 12.8. The number of aromatic nitrogens is 2. The summed E-state index contributed by atoms with van der Waals surface area (Å²) >= 11 is 5.90. The van der Waals surface area contributed by atoms with Gasteiger partial charge in [-0.2, -0.15) is 0 Å². The van der Waals surface area contributed by atoms with E-state index in [0.29, 0.717) is 22.1 Å². The van der Waals surface area contributed by atoms with Gasteiger partial charge in [0.2, 0.25) is 0 Å². The highest BCUT2D eigenvalue weighted by Crippen LogP contribution is 2.23. The Morgan fingerprint density at radius 2 is 1.89 bits per heavy atom. The van der Waals surface area contributed by atoms with Crippen LogP contribution in [0.15, 0.2) is 48.8 Å². The minimum Gasteiger partial charge on any atom is -0.406 e. The number of rotatable bonds is 5. The molecule has 0 unspecified atom stereocenters. The highest BCUT2D eigenvalue weighted by molar-refractivity contribution is 6.30. The SMILES string of the molecule is O=C(NCc1cn2cc(Cl)ccc2n1)NNc1ccc(OC(F)(F)F)cc1. The average Bonchev–Trinajstić information content (AvgIpc) is 3.00. The minimum atomic E-state index is -4.75. The number of hydrogen-bond acceptors (Lipinski definition) is 4. The molecule has 0 aliphatic rings. The first-order valence-electron chi connectivity index (χ1n) is 7.57. The van der Waals surface area contributed by atoms with Crippen LogP contribution in [0.4, 0.5) is 23.7 Å². The Hall–Kier alpha value is -3.14. The van der Waals surface area contributed by atoms with Crippen LogP contribution in [-0.2, 0) is 6.54 Å². The van der Waals surface area contributed by atoms with E-state index in [1.54, 1.807) is 28.9 Å². The fourth-order valence-electron chi connectivity index (χ4n) is 2.19. The summed E-state index contributed by atoms with van der Waals surface area (Å²) in [6.45, 7) is 0.172. The number of hydrazine groups is 1. The van der Waals surface area contributed by atoms with Gasteiger partial charge < -0.3 is 14.5 Å². The zero-order valence-corrected chi connectivity index (χ0v) is 14.3. The molecule has 2 heterocycles. The maximum absolute atomic E-state index is 12.1. The van der Waals surface area contributed by atoms with E-state index in [1.807, 2.05) is 0 Å². The molecule has 0 atom stereocenters. The molecule has 2 amide bonds. The summed E-state index contributed by atoms with van der Waals surface area (Å²) in [5, 5.41) is 3.16. The van der Waals surface area contributed by atoms with Crippen LogP contribution in [-0.4, -0.2) is 21.8 Å². The topological polar surface area (TPSA) is 79.7 Å². The van der Waals surface area contributed by atoms with Crippen molar-refractivity contribution in [3.8, 4) is 5.75 Å². The number of fused-ring (bicyclic) bond motifs is 1. The van der Waals surface area contributed by atoms with E-state index in [2.05, 4.69) is 25.9 Å². The van der Waals surface area contributed by atoms with Gasteiger partial charge in [-0.05, 0) is 36.4 Å². The molecule has 0 spiro atoms. The van der Waals surface area contributed by atoms with Crippen LogP contribution in [0.25, 0.3) is 5.65 Å². The molecular formula is C16H13ClF3N5O2. The number of pyridine rings is 1. The largest absolute Gasteiger partial charge is 0.573 e. The van der Waals surface area contributed by atoms with Crippen LogP contribution in [0.2, 0.25) is 5.02 Å². The third kappa shape index (κ3) is 5.42. The molecule has 0 saturated carbocycles. The summed E-state index contributed by atoms with van der Waals surface area (Å²) in [6, 6.07) is 7.82. The van der Waals surface area contributed by atoms with Crippen LogP contribution in [0.1, 0.15) is 5.69 Å². The third-order valence-electron chi connectivity index (χ3n) is 3.30. The number of alkyl halides is 3. The van der Waals surface area contributed by atoms with Gasteiger partial charge in [-0.3, -0.25) is 10.9 Å². The Balaban J connectivity index is 1.47. The molecule has 3 rings (SSSR count). The van der Waals surface area contributed by atoms with Crippen molar-refractivity contribution in [2.45, 2.75) is 12.9 Å². The molecule has 0 fully saturated rings. The molecule has 3 N–H and O–H groups in total. The number of anilines is 1. The molecular weight excluding hydrogens is 387 g/mol. The number of amides is 2. The number of nitrogens with one attached hydrogen (secondary N) is 3. The van der Waals surface area contributed by atoms with Crippen molar-refractivity contribution in [2.75, 3.05) is 5.43 Å². The number of urea groups is 1. The molecule has 2 aromatic heterocycles. The zero-order chi connectivity index (χ0) is 19.4. The van der Waals surface area contributed by atoms with Gasteiger partial charge in [0.15, 0.2) is 0 Å². The van der Waals surface area contributed by atoms with Crippen molar-refractivity contribution in [2.24, 2.45) is 0 Å². The van der Waals surface area contributed by atoms with Crippen molar-refractivity contribution < 1.29 is 22.7 Å². The molecule has 142 valence electrons. The predicted molar refractivity (Wildman–Crippen MR) is 92.3 cm³/mol. The van der Waals surface area contributed by atoms with E-state index in [0.717, 1.165) is 12.1 Å².